The van der Waals surface area contributed by atoms with Crippen molar-refractivity contribution in [1.29, 1.82) is 0 Å². The Morgan fingerprint density at radius 3 is 2.94 bits per heavy atom. The van der Waals surface area contributed by atoms with Crippen molar-refractivity contribution >= 4 is 33.1 Å². The lowest BCUT2D eigenvalue weighted by Crippen LogP contribution is -2.46. The second kappa shape index (κ2) is 4.55. The number of nitrogens with zero attached hydrogens (tertiary/aromatic N) is 2. The number of amides is 1. The molecule has 3 rings (SSSR count). The number of nitrogens with two attached hydrogens (primary N) is 1. The van der Waals surface area contributed by atoms with Gasteiger partial charge in [0.25, 0.3) is 5.91 Å². The van der Waals surface area contributed by atoms with Crippen LogP contribution in [-0.2, 0) is 0 Å². The average molecular weight is 262 g/mol. The molecule has 6 heteroatoms. The van der Waals surface area contributed by atoms with E-state index >= 15 is 0 Å². The fraction of sp³-hybridized carbons (Fsp3) is 0.333. The molecule has 0 aromatic carbocycles. The van der Waals surface area contributed by atoms with E-state index < -0.39 is 0 Å². The standard InChI is InChI=1S/C12H14N4OS/c13-9-10-8(2-1-3-15-10)18-11(9)12(17)16-6-4-14-5-7-16/h1-3,14H,4-7,13H2. The minimum absolute atomic E-state index is 0.0250. The molecule has 1 fully saturated rings. The Labute approximate surface area is 109 Å². The van der Waals surface area contributed by atoms with Crippen LogP contribution < -0.4 is 11.1 Å². The molecule has 0 spiro atoms. The van der Waals surface area contributed by atoms with Gasteiger partial charge in [-0.2, -0.15) is 0 Å². The normalized spacial score (nSPS) is 16.1. The number of aromatic nitrogens is 1. The largest absolute Gasteiger partial charge is 0.396 e. The van der Waals surface area contributed by atoms with Gasteiger partial charge in [0.15, 0.2) is 0 Å². The smallest absolute Gasteiger partial charge is 0.266 e. The highest BCUT2D eigenvalue weighted by atomic mass is 32.1. The maximum atomic E-state index is 12.4. The summed E-state index contributed by atoms with van der Waals surface area (Å²) in [5, 5.41) is 3.23. The SMILES string of the molecule is Nc1c(C(=O)N2CCNCC2)sc2cccnc12. The fourth-order valence-electron chi connectivity index (χ4n) is 2.12. The zero-order chi connectivity index (χ0) is 12.5. The maximum absolute atomic E-state index is 12.4. The van der Waals surface area contributed by atoms with Crippen molar-refractivity contribution in [3.05, 3.63) is 23.2 Å². The second-order valence-corrected chi connectivity index (χ2v) is 5.29. The van der Waals surface area contributed by atoms with Crippen molar-refractivity contribution in [2.75, 3.05) is 31.9 Å². The van der Waals surface area contributed by atoms with Crippen LogP contribution in [0.1, 0.15) is 9.67 Å². The number of hydrogen-bond acceptors (Lipinski definition) is 5. The van der Waals surface area contributed by atoms with Crippen molar-refractivity contribution in [3.63, 3.8) is 0 Å². The van der Waals surface area contributed by atoms with Gasteiger partial charge in [0.2, 0.25) is 0 Å². The summed E-state index contributed by atoms with van der Waals surface area (Å²) < 4.78 is 0.966. The number of carbonyl (C=O) groups is 1. The van der Waals surface area contributed by atoms with Crippen LogP contribution in [0.25, 0.3) is 10.2 Å². The highest BCUT2D eigenvalue weighted by Gasteiger charge is 2.23. The van der Waals surface area contributed by atoms with Crippen molar-refractivity contribution < 1.29 is 4.79 Å². The summed E-state index contributed by atoms with van der Waals surface area (Å²) in [6, 6.07) is 3.80. The van der Waals surface area contributed by atoms with Gasteiger partial charge < -0.3 is 16.0 Å². The number of hydrogen-bond donors (Lipinski definition) is 2. The number of carbonyl (C=O) groups excluding carboxylic acids is 1. The first-order valence-electron chi connectivity index (χ1n) is 5.90. The van der Waals surface area contributed by atoms with Crippen LogP contribution >= 0.6 is 11.3 Å². The molecule has 3 N–H and O–H groups in total. The van der Waals surface area contributed by atoms with Crippen LogP contribution in [0.4, 0.5) is 5.69 Å². The van der Waals surface area contributed by atoms with Gasteiger partial charge in [-0.25, -0.2) is 0 Å². The Morgan fingerprint density at radius 2 is 2.22 bits per heavy atom. The molecule has 5 nitrogen and oxygen atoms in total. The van der Waals surface area contributed by atoms with E-state index in [2.05, 4.69) is 10.3 Å². The third-order valence-corrected chi connectivity index (χ3v) is 4.23. The van der Waals surface area contributed by atoms with E-state index in [0.717, 1.165) is 36.4 Å². The fourth-order valence-corrected chi connectivity index (χ4v) is 3.17. The molecule has 0 unspecified atom stereocenters. The maximum Gasteiger partial charge on any atom is 0.266 e. The summed E-state index contributed by atoms with van der Waals surface area (Å²) in [7, 11) is 0. The summed E-state index contributed by atoms with van der Waals surface area (Å²) in [6.45, 7) is 3.16. The number of thiophene rings is 1. The van der Waals surface area contributed by atoms with Crippen LogP contribution in [0.15, 0.2) is 18.3 Å². The molecular weight excluding hydrogens is 248 g/mol. The van der Waals surface area contributed by atoms with Gasteiger partial charge in [-0.1, -0.05) is 0 Å². The number of rotatable bonds is 1. The zero-order valence-electron chi connectivity index (χ0n) is 9.85. The predicted molar refractivity (Wildman–Crippen MR) is 72.8 cm³/mol. The zero-order valence-corrected chi connectivity index (χ0v) is 10.7. The van der Waals surface area contributed by atoms with Gasteiger partial charge in [0, 0.05) is 32.4 Å². The molecule has 0 bridgehead atoms. The second-order valence-electron chi connectivity index (χ2n) is 4.24. The van der Waals surface area contributed by atoms with Crippen LogP contribution in [0.5, 0.6) is 0 Å². The number of anilines is 1. The van der Waals surface area contributed by atoms with Gasteiger partial charge in [-0.05, 0) is 12.1 Å². The number of piperazine rings is 1. The minimum Gasteiger partial charge on any atom is -0.396 e. The number of nitrogens with one attached hydrogen (secondary N) is 1. The molecular formula is C12H14N4OS. The Hall–Kier alpha value is -1.66. The summed E-state index contributed by atoms with van der Waals surface area (Å²) in [5.74, 6) is 0.0250. The highest BCUT2D eigenvalue weighted by Crippen LogP contribution is 2.32. The Balaban J connectivity index is 1.98. The van der Waals surface area contributed by atoms with E-state index in [1.807, 2.05) is 17.0 Å². The molecule has 18 heavy (non-hydrogen) atoms. The third kappa shape index (κ3) is 1.83. The van der Waals surface area contributed by atoms with Crippen LogP contribution in [0, 0.1) is 0 Å². The molecule has 0 atom stereocenters. The monoisotopic (exact) mass is 262 g/mol. The summed E-state index contributed by atoms with van der Waals surface area (Å²) in [5.41, 5.74) is 7.28. The molecule has 1 aliphatic heterocycles. The molecule has 0 radical (unpaired) electrons. The average Bonchev–Trinajstić information content (AvgIpc) is 2.77. The van der Waals surface area contributed by atoms with E-state index in [9.17, 15) is 4.79 Å². The lowest BCUT2D eigenvalue weighted by Gasteiger charge is -2.27. The van der Waals surface area contributed by atoms with Gasteiger partial charge >= 0.3 is 0 Å². The van der Waals surface area contributed by atoms with Crippen molar-refractivity contribution in [3.8, 4) is 0 Å². The molecule has 2 aromatic heterocycles. The van der Waals surface area contributed by atoms with Gasteiger partial charge in [-0.15, -0.1) is 11.3 Å². The first-order chi connectivity index (χ1) is 8.77. The van der Waals surface area contributed by atoms with Gasteiger partial charge in [0.05, 0.1) is 10.4 Å². The Kier molecular flexibility index (Phi) is 2.89. The summed E-state index contributed by atoms with van der Waals surface area (Å²) in [6.07, 6.45) is 1.70. The topological polar surface area (TPSA) is 71.2 Å². The molecule has 1 saturated heterocycles. The third-order valence-electron chi connectivity index (χ3n) is 3.08. The molecule has 1 aliphatic rings. The predicted octanol–water partition coefficient (Wildman–Crippen LogP) is 0.924. The van der Waals surface area contributed by atoms with E-state index in [1.165, 1.54) is 11.3 Å². The van der Waals surface area contributed by atoms with Crippen LogP contribution in [-0.4, -0.2) is 42.0 Å². The van der Waals surface area contributed by atoms with Crippen molar-refractivity contribution in [1.82, 2.24) is 15.2 Å². The highest BCUT2D eigenvalue weighted by molar-refractivity contribution is 7.21. The molecule has 0 saturated carbocycles. The summed E-state index contributed by atoms with van der Waals surface area (Å²) >= 11 is 1.43. The number of nitrogen functional groups attached to an aromatic ring is 1. The molecule has 1 amide bonds. The number of fused-ring (bicyclic) bond motifs is 1. The first-order valence-corrected chi connectivity index (χ1v) is 6.72. The Morgan fingerprint density at radius 1 is 1.44 bits per heavy atom. The lowest BCUT2D eigenvalue weighted by atomic mass is 10.2. The van der Waals surface area contributed by atoms with Crippen molar-refractivity contribution in [2.45, 2.75) is 0 Å². The van der Waals surface area contributed by atoms with Crippen LogP contribution in [0.2, 0.25) is 0 Å². The lowest BCUT2D eigenvalue weighted by molar-refractivity contribution is 0.0741. The van der Waals surface area contributed by atoms with Gasteiger partial charge in [-0.3, -0.25) is 9.78 Å². The van der Waals surface area contributed by atoms with Crippen LogP contribution in [0.3, 0.4) is 0 Å². The van der Waals surface area contributed by atoms with Gasteiger partial charge in [0.1, 0.15) is 10.4 Å². The quantitative estimate of drug-likeness (QED) is 0.802. The molecule has 3 heterocycles. The van der Waals surface area contributed by atoms with E-state index in [4.69, 9.17) is 5.73 Å². The molecule has 2 aromatic rings. The summed E-state index contributed by atoms with van der Waals surface area (Å²) in [4.78, 5) is 19.1. The molecule has 0 aliphatic carbocycles. The first kappa shape index (κ1) is 11.4. The van der Waals surface area contributed by atoms with Crippen molar-refractivity contribution in [2.24, 2.45) is 0 Å². The van der Waals surface area contributed by atoms with E-state index in [1.54, 1.807) is 6.20 Å². The number of pyridine rings is 1. The van der Waals surface area contributed by atoms with E-state index in [0.29, 0.717) is 10.6 Å². The Bertz CT molecular complexity index is 589. The van der Waals surface area contributed by atoms with E-state index in [-0.39, 0.29) is 5.91 Å². The molecule has 94 valence electrons. The minimum atomic E-state index is 0.0250.